The second-order valence-electron chi connectivity index (χ2n) is 3.16. The Labute approximate surface area is 99.0 Å². The van der Waals surface area contributed by atoms with Gasteiger partial charge in [-0.2, -0.15) is 11.8 Å². The minimum absolute atomic E-state index is 0.156. The van der Waals surface area contributed by atoms with Crippen LogP contribution in [-0.4, -0.2) is 18.1 Å². The van der Waals surface area contributed by atoms with Crippen LogP contribution in [0.4, 0.5) is 0 Å². The summed E-state index contributed by atoms with van der Waals surface area (Å²) in [7, 11) is 0. The molecule has 0 spiro atoms. The van der Waals surface area contributed by atoms with E-state index in [4.69, 9.17) is 28.9 Å². The normalized spacial score (nSPS) is 12.9. The van der Waals surface area contributed by atoms with E-state index in [1.807, 2.05) is 18.4 Å². The molecule has 0 amide bonds. The summed E-state index contributed by atoms with van der Waals surface area (Å²) in [5, 5.41) is 1.37. The summed E-state index contributed by atoms with van der Waals surface area (Å²) in [6.07, 6.45) is 2.85. The highest BCUT2D eigenvalue weighted by Gasteiger charge is 2.06. The molecule has 0 aliphatic carbocycles. The van der Waals surface area contributed by atoms with Crippen molar-refractivity contribution in [2.75, 3.05) is 12.0 Å². The minimum Gasteiger partial charge on any atom is -0.327 e. The van der Waals surface area contributed by atoms with Crippen molar-refractivity contribution in [1.29, 1.82) is 0 Å². The summed E-state index contributed by atoms with van der Waals surface area (Å²) < 4.78 is 0. The molecule has 78 valence electrons. The Bertz CT molecular complexity index is 304. The topological polar surface area (TPSA) is 26.0 Å². The molecule has 0 aliphatic heterocycles. The average molecular weight is 250 g/mol. The summed E-state index contributed by atoms with van der Waals surface area (Å²) in [4.78, 5) is 0. The molecular weight excluding hydrogens is 237 g/mol. The van der Waals surface area contributed by atoms with Crippen molar-refractivity contribution in [1.82, 2.24) is 0 Å². The lowest BCUT2D eigenvalue weighted by Gasteiger charge is -2.11. The summed E-state index contributed by atoms with van der Waals surface area (Å²) in [6, 6.07) is 5.69. The molecule has 4 heteroatoms. The molecule has 0 heterocycles. The van der Waals surface area contributed by atoms with Gasteiger partial charge in [0.2, 0.25) is 0 Å². The van der Waals surface area contributed by atoms with Crippen molar-refractivity contribution >= 4 is 35.0 Å². The number of hydrogen-bond acceptors (Lipinski definition) is 2. The Morgan fingerprint density at radius 3 is 2.71 bits per heavy atom. The molecule has 0 fully saturated rings. The number of rotatable bonds is 4. The second kappa shape index (κ2) is 5.86. The van der Waals surface area contributed by atoms with Crippen LogP contribution in [0.15, 0.2) is 18.2 Å². The highest BCUT2D eigenvalue weighted by molar-refractivity contribution is 7.98. The van der Waals surface area contributed by atoms with Gasteiger partial charge in [-0.05, 0) is 30.4 Å². The van der Waals surface area contributed by atoms with Gasteiger partial charge in [-0.1, -0.05) is 29.3 Å². The van der Waals surface area contributed by atoms with Crippen LogP contribution in [0.25, 0.3) is 0 Å². The lowest BCUT2D eigenvalue weighted by atomic mass is 10.1. The summed E-state index contributed by atoms with van der Waals surface area (Å²) in [5.74, 6) is 0.943. The Kier molecular flexibility index (Phi) is 5.10. The molecule has 1 atom stereocenters. The lowest BCUT2D eigenvalue weighted by molar-refractivity contribution is 0.749. The molecule has 1 aromatic carbocycles. The first kappa shape index (κ1) is 12.2. The monoisotopic (exact) mass is 249 g/mol. The van der Waals surface area contributed by atoms with Crippen LogP contribution in [0.2, 0.25) is 10.0 Å². The third-order valence-electron chi connectivity index (χ3n) is 1.88. The van der Waals surface area contributed by atoms with Crippen LogP contribution in [-0.2, 0) is 6.42 Å². The zero-order chi connectivity index (χ0) is 10.6. The van der Waals surface area contributed by atoms with Gasteiger partial charge >= 0.3 is 0 Å². The van der Waals surface area contributed by atoms with Gasteiger partial charge in [0.15, 0.2) is 0 Å². The van der Waals surface area contributed by atoms with E-state index in [1.165, 1.54) is 0 Å². The zero-order valence-electron chi connectivity index (χ0n) is 7.97. The van der Waals surface area contributed by atoms with Crippen LogP contribution < -0.4 is 5.73 Å². The smallest absolute Gasteiger partial charge is 0.0453 e. The molecule has 2 N–H and O–H groups in total. The predicted octanol–water partition coefficient (Wildman–Crippen LogP) is 3.23. The zero-order valence-corrected chi connectivity index (χ0v) is 10.3. The van der Waals surface area contributed by atoms with E-state index in [0.29, 0.717) is 10.0 Å². The van der Waals surface area contributed by atoms with E-state index < -0.39 is 0 Å². The first-order chi connectivity index (χ1) is 6.63. The van der Waals surface area contributed by atoms with Crippen LogP contribution in [0.3, 0.4) is 0 Å². The Hall–Kier alpha value is 0.110. The van der Waals surface area contributed by atoms with Gasteiger partial charge in [-0.3, -0.25) is 0 Å². The number of benzene rings is 1. The van der Waals surface area contributed by atoms with Gasteiger partial charge in [0, 0.05) is 21.8 Å². The van der Waals surface area contributed by atoms with Gasteiger partial charge in [0.1, 0.15) is 0 Å². The van der Waals surface area contributed by atoms with E-state index >= 15 is 0 Å². The SMILES string of the molecule is CSCC(N)Cc1ccc(Cl)cc1Cl. The summed E-state index contributed by atoms with van der Waals surface area (Å²) >= 11 is 13.6. The Morgan fingerprint density at radius 1 is 1.43 bits per heavy atom. The van der Waals surface area contributed by atoms with Crippen LogP contribution in [0.5, 0.6) is 0 Å². The first-order valence-corrected chi connectivity index (χ1v) is 6.47. The fourth-order valence-electron chi connectivity index (χ4n) is 1.24. The second-order valence-corrected chi connectivity index (χ2v) is 4.91. The van der Waals surface area contributed by atoms with Crippen molar-refractivity contribution in [3.8, 4) is 0 Å². The molecule has 1 aromatic rings. The molecule has 0 saturated carbocycles. The van der Waals surface area contributed by atoms with E-state index in [2.05, 4.69) is 0 Å². The molecule has 0 radical (unpaired) electrons. The molecule has 1 unspecified atom stereocenters. The third kappa shape index (κ3) is 3.70. The molecule has 1 nitrogen and oxygen atoms in total. The van der Waals surface area contributed by atoms with Gasteiger partial charge in [-0.15, -0.1) is 0 Å². The molecule has 0 bridgehead atoms. The van der Waals surface area contributed by atoms with Gasteiger partial charge in [-0.25, -0.2) is 0 Å². The number of halogens is 2. The molecule has 0 saturated heterocycles. The lowest BCUT2D eigenvalue weighted by Crippen LogP contribution is -2.25. The highest BCUT2D eigenvalue weighted by Crippen LogP contribution is 2.22. The highest BCUT2D eigenvalue weighted by atomic mass is 35.5. The maximum Gasteiger partial charge on any atom is 0.0453 e. The predicted molar refractivity (Wildman–Crippen MR) is 66.5 cm³/mol. The third-order valence-corrected chi connectivity index (χ3v) is 3.23. The molecule has 0 aliphatic rings. The molecule has 14 heavy (non-hydrogen) atoms. The molecular formula is C10H13Cl2NS. The largest absolute Gasteiger partial charge is 0.327 e. The van der Waals surface area contributed by atoms with Crippen LogP contribution in [0, 0.1) is 0 Å². The summed E-state index contributed by atoms with van der Waals surface area (Å²) in [5.41, 5.74) is 6.98. The fourth-order valence-corrected chi connectivity index (χ4v) is 2.27. The standard InChI is InChI=1S/C10H13Cl2NS/c1-14-6-9(13)4-7-2-3-8(11)5-10(7)12/h2-3,5,9H,4,6,13H2,1H3. The number of nitrogens with two attached hydrogens (primary N) is 1. The molecule has 1 rings (SSSR count). The first-order valence-electron chi connectivity index (χ1n) is 4.32. The molecule has 0 aromatic heterocycles. The van der Waals surface area contributed by atoms with Crippen molar-refractivity contribution in [2.24, 2.45) is 5.73 Å². The Balaban J connectivity index is 2.67. The van der Waals surface area contributed by atoms with Crippen molar-refractivity contribution in [3.05, 3.63) is 33.8 Å². The summed E-state index contributed by atoms with van der Waals surface area (Å²) in [6.45, 7) is 0. The Morgan fingerprint density at radius 2 is 2.14 bits per heavy atom. The van der Waals surface area contributed by atoms with Gasteiger partial charge in [0.25, 0.3) is 0 Å². The van der Waals surface area contributed by atoms with E-state index in [1.54, 1.807) is 17.8 Å². The van der Waals surface area contributed by atoms with E-state index in [0.717, 1.165) is 17.7 Å². The maximum atomic E-state index is 6.03. The quantitative estimate of drug-likeness (QED) is 0.887. The van der Waals surface area contributed by atoms with Crippen molar-refractivity contribution in [3.63, 3.8) is 0 Å². The van der Waals surface area contributed by atoms with E-state index in [9.17, 15) is 0 Å². The average Bonchev–Trinajstić information content (AvgIpc) is 2.10. The fraction of sp³-hybridized carbons (Fsp3) is 0.400. The van der Waals surface area contributed by atoms with E-state index in [-0.39, 0.29) is 6.04 Å². The van der Waals surface area contributed by atoms with Gasteiger partial charge in [0.05, 0.1) is 0 Å². The van der Waals surface area contributed by atoms with Crippen molar-refractivity contribution in [2.45, 2.75) is 12.5 Å². The van der Waals surface area contributed by atoms with Crippen LogP contribution in [0.1, 0.15) is 5.56 Å². The number of thioether (sulfide) groups is 1. The maximum absolute atomic E-state index is 6.03. The van der Waals surface area contributed by atoms with Gasteiger partial charge < -0.3 is 5.73 Å². The van der Waals surface area contributed by atoms with Crippen LogP contribution >= 0.6 is 35.0 Å². The van der Waals surface area contributed by atoms with Crippen molar-refractivity contribution < 1.29 is 0 Å². The minimum atomic E-state index is 0.156. The number of hydrogen-bond donors (Lipinski definition) is 1.